The summed E-state index contributed by atoms with van der Waals surface area (Å²) >= 11 is 0. The number of amides is 2. The first-order chi connectivity index (χ1) is 15.2. The average molecular weight is 416 g/mol. The molecule has 160 valence electrons. The Morgan fingerprint density at radius 2 is 1.48 bits per heavy atom. The van der Waals surface area contributed by atoms with Crippen LogP contribution in [0.1, 0.15) is 36.5 Å². The molecule has 0 radical (unpaired) electrons. The van der Waals surface area contributed by atoms with E-state index in [4.69, 9.17) is 0 Å². The summed E-state index contributed by atoms with van der Waals surface area (Å²) in [5.74, 6) is -0.160. The van der Waals surface area contributed by atoms with E-state index in [1.165, 1.54) is 0 Å². The highest BCUT2D eigenvalue weighted by Gasteiger charge is 2.29. The number of carbonyl (C=O) groups excluding carboxylic acids is 2. The van der Waals surface area contributed by atoms with E-state index in [-0.39, 0.29) is 11.8 Å². The van der Waals surface area contributed by atoms with Crippen molar-refractivity contribution in [2.75, 3.05) is 0 Å². The van der Waals surface area contributed by atoms with Gasteiger partial charge in [-0.3, -0.25) is 14.6 Å². The van der Waals surface area contributed by atoms with Gasteiger partial charge in [-0.2, -0.15) is 0 Å². The van der Waals surface area contributed by atoms with E-state index >= 15 is 0 Å². The highest BCUT2D eigenvalue weighted by atomic mass is 16.2. The fraction of sp³-hybridized carbons (Fsp3) is 0.269. The summed E-state index contributed by atoms with van der Waals surface area (Å²) in [4.78, 5) is 32.2. The van der Waals surface area contributed by atoms with Crippen molar-refractivity contribution in [3.63, 3.8) is 0 Å². The van der Waals surface area contributed by atoms with Crippen molar-refractivity contribution in [3.8, 4) is 0 Å². The molecule has 2 aromatic carbocycles. The lowest BCUT2D eigenvalue weighted by Gasteiger charge is -2.31. The monoisotopic (exact) mass is 415 g/mol. The quantitative estimate of drug-likeness (QED) is 0.541. The Kier molecular flexibility index (Phi) is 8.35. The minimum Gasteiger partial charge on any atom is -0.350 e. The van der Waals surface area contributed by atoms with Gasteiger partial charge in [0, 0.05) is 38.3 Å². The van der Waals surface area contributed by atoms with Crippen molar-refractivity contribution in [1.29, 1.82) is 0 Å². The molecule has 3 rings (SSSR count). The van der Waals surface area contributed by atoms with Crippen LogP contribution < -0.4 is 5.32 Å². The predicted octanol–water partition coefficient (Wildman–Crippen LogP) is 4.14. The first-order valence-electron chi connectivity index (χ1n) is 10.7. The number of benzene rings is 2. The molecule has 1 N–H and O–H groups in total. The minimum absolute atomic E-state index is 0.00801. The molecule has 1 atom stereocenters. The van der Waals surface area contributed by atoms with E-state index in [1.807, 2.05) is 79.7 Å². The second-order valence-corrected chi connectivity index (χ2v) is 7.54. The maximum absolute atomic E-state index is 13.3. The second kappa shape index (κ2) is 11.6. The third kappa shape index (κ3) is 6.78. The Labute approximate surface area is 184 Å². The largest absolute Gasteiger partial charge is 0.350 e. The summed E-state index contributed by atoms with van der Waals surface area (Å²) in [6.45, 7) is 2.78. The van der Waals surface area contributed by atoms with Crippen LogP contribution >= 0.6 is 0 Å². The number of aromatic nitrogens is 1. The molecule has 0 saturated carbocycles. The molecule has 1 heterocycles. The van der Waals surface area contributed by atoms with Crippen molar-refractivity contribution in [2.45, 2.75) is 45.3 Å². The van der Waals surface area contributed by atoms with E-state index in [0.717, 1.165) is 23.1 Å². The maximum Gasteiger partial charge on any atom is 0.243 e. The van der Waals surface area contributed by atoms with Crippen LogP contribution in [-0.2, 0) is 29.1 Å². The van der Waals surface area contributed by atoms with Gasteiger partial charge in [-0.05, 0) is 35.2 Å². The first-order valence-corrected chi connectivity index (χ1v) is 10.7. The molecule has 0 aliphatic rings. The highest BCUT2D eigenvalue weighted by molar-refractivity contribution is 5.88. The molecule has 0 spiro atoms. The Morgan fingerprint density at radius 3 is 2.10 bits per heavy atom. The SMILES string of the molecule is CCCC(=O)N(Cc1ccccc1)[C@H](Cc1ccccc1)C(=O)NCc1ccncc1. The zero-order valence-corrected chi connectivity index (χ0v) is 17.9. The fourth-order valence-electron chi connectivity index (χ4n) is 3.50. The predicted molar refractivity (Wildman–Crippen MR) is 122 cm³/mol. The number of nitrogens with one attached hydrogen (secondary N) is 1. The molecule has 2 amide bonds. The van der Waals surface area contributed by atoms with Gasteiger partial charge >= 0.3 is 0 Å². The summed E-state index contributed by atoms with van der Waals surface area (Å²) in [6.07, 6.45) is 5.02. The standard InChI is InChI=1S/C26H29N3O2/c1-2-9-25(30)29(20-23-12-7-4-8-13-23)24(18-21-10-5-3-6-11-21)26(31)28-19-22-14-16-27-17-15-22/h3-8,10-17,24H,2,9,18-20H2,1H3,(H,28,31)/t24-/m1/s1. The van der Waals surface area contributed by atoms with Gasteiger partial charge in [-0.15, -0.1) is 0 Å². The highest BCUT2D eigenvalue weighted by Crippen LogP contribution is 2.16. The molecular weight excluding hydrogens is 386 g/mol. The van der Waals surface area contributed by atoms with Gasteiger partial charge in [0.2, 0.25) is 11.8 Å². The average Bonchev–Trinajstić information content (AvgIpc) is 2.82. The van der Waals surface area contributed by atoms with Crippen molar-refractivity contribution >= 4 is 11.8 Å². The van der Waals surface area contributed by atoms with Crippen LogP contribution in [0.4, 0.5) is 0 Å². The summed E-state index contributed by atoms with van der Waals surface area (Å²) in [5, 5.41) is 3.02. The number of carbonyl (C=O) groups is 2. The number of hydrogen-bond donors (Lipinski definition) is 1. The van der Waals surface area contributed by atoms with Gasteiger partial charge in [0.25, 0.3) is 0 Å². The second-order valence-electron chi connectivity index (χ2n) is 7.54. The number of pyridine rings is 1. The van der Waals surface area contributed by atoms with Gasteiger partial charge in [-0.25, -0.2) is 0 Å². The van der Waals surface area contributed by atoms with Gasteiger partial charge in [0.1, 0.15) is 6.04 Å². The lowest BCUT2D eigenvalue weighted by molar-refractivity contribution is -0.141. The Morgan fingerprint density at radius 1 is 0.871 bits per heavy atom. The van der Waals surface area contributed by atoms with Crippen LogP contribution in [0.3, 0.4) is 0 Å². The van der Waals surface area contributed by atoms with E-state index < -0.39 is 6.04 Å². The summed E-state index contributed by atoms with van der Waals surface area (Å²) < 4.78 is 0. The van der Waals surface area contributed by atoms with Gasteiger partial charge in [0.05, 0.1) is 0 Å². The van der Waals surface area contributed by atoms with Crippen LogP contribution in [0.5, 0.6) is 0 Å². The van der Waals surface area contributed by atoms with Crippen LogP contribution in [0.25, 0.3) is 0 Å². The van der Waals surface area contributed by atoms with Gasteiger partial charge < -0.3 is 10.2 Å². The topological polar surface area (TPSA) is 62.3 Å². The third-order valence-corrected chi connectivity index (χ3v) is 5.15. The number of nitrogens with zero attached hydrogens (tertiary/aromatic N) is 2. The van der Waals surface area contributed by atoms with Crippen molar-refractivity contribution in [3.05, 3.63) is 102 Å². The number of hydrogen-bond acceptors (Lipinski definition) is 3. The fourth-order valence-corrected chi connectivity index (χ4v) is 3.50. The van der Waals surface area contributed by atoms with Crippen LogP contribution in [0.15, 0.2) is 85.2 Å². The molecule has 3 aromatic rings. The normalized spacial score (nSPS) is 11.5. The molecule has 0 fully saturated rings. The first kappa shape index (κ1) is 22.2. The molecule has 0 unspecified atom stereocenters. The van der Waals surface area contributed by atoms with Crippen LogP contribution in [-0.4, -0.2) is 27.7 Å². The van der Waals surface area contributed by atoms with Gasteiger partial charge in [-0.1, -0.05) is 67.6 Å². The molecule has 0 saturated heterocycles. The molecular formula is C26H29N3O2. The molecule has 0 aliphatic heterocycles. The Bertz CT molecular complexity index is 946. The summed E-state index contributed by atoms with van der Waals surface area (Å²) in [5.41, 5.74) is 3.00. The van der Waals surface area contributed by atoms with Crippen molar-refractivity contribution in [2.24, 2.45) is 0 Å². The maximum atomic E-state index is 13.3. The molecule has 1 aromatic heterocycles. The van der Waals surface area contributed by atoms with E-state index in [1.54, 1.807) is 17.3 Å². The van der Waals surface area contributed by atoms with E-state index in [2.05, 4.69) is 10.3 Å². The van der Waals surface area contributed by atoms with Gasteiger partial charge in [0.15, 0.2) is 0 Å². The van der Waals surface area contributed by atoms with Crippen LogP contribution in [0.2, 0.25) is 0 Å². The lowest BCUT2D eigenvalue weighted by atomic mass is 10.0. The third-order valence-electron chi connectivity index (χ3n) is 5.15. The Balaban J connectivity index is 1.86. The van der Waals surface area contributed by atoms with Crippen LogP contribution in [0, 0.1) is 0 Å². The molecule has 5 nitrogen and oxygen atoms in total. The minimum atomic E-state index is -0.594. The molecule has 31 heavy (non-hydrogen) atoms. The van der Waals surface area contributed by atoms with Crippen molar-refractivity contribution < 1.29 is 9.59 Å². The molecule has 0 aliphatic carbocycles. The smallest absolute Gasteiger partial charge is 0.243 e. The molecule has 0 bridgehead atoms. The van der Waals surface area contributed by atoms with E-state index in [0.29, 0.717) is 25.9 Å². The zero-order chi connectivity index (χ0) is 21.9. The van der Waals surface area contributed by atoms with Crippen molar-refractivity contribution in [1.82, 2.24) is 15.2 Å². The number of rotatable bonds is 10. The molecule has 5 heteroatoms. The zero-order valence-electron chi connectivity index (χ0n) is 17.9. The van der Waals surface area contributed by atoms with E-state index in [9.17, 15) is 9.59 Å². The summed E-state index contributed by atoms with van der Waals surface area (Å²) in [7, 11) is 0. The summed E-state index contributed by atoms with van der Waals surface area (Å²) in [6, 6.07) is 22.8. The Hall–Kier alpha value is -3.47. The lowest BCUT2D eigenvalue weighted by Crippen LogP contribution is -2.50.